The SMILES string of the molecule is O=C[C@@H](O)[C@@H](Cl)[C@@H](Cl)[C@@H](O)CCl. The first-order chi connectivity index (χ1) is 5.54. The van der Waals surface area contributed by atoms with Crippen LogP contribution in [-0.4, -0.2) is 45.3 Å². The molecule has 0 aromatic heterocycles. The molecule has 0 saturated carbocycles. The molecule has 3 nitrogen and oxygen atoms in total. The lowest BCUT2D eigenvalue weighted by Crippen LogP contribution is -2.38. The zero-order valence-electron chi connectivity index (χ0n) is 6.03. The summed E-state index contributed by atoms with van der Waals surface area (Å²) in [5, 5.41) is 16.0. The topological polar surface area (TPSA) is 57.5 Å². The summed E-state index contributed by atoms with van der Waals surface area (Å²) in [5.41, 5.74) is 0. The Morgan fingerprint density at radius 2 is 1.75 bits per heavy atom. The Kier molecular flexibility index (Phi) is 6.23. The van der Waals surface area contributed by atoms with Crippen molar-refractivity contribution in [1.82, 2.24) is 0 Å². The van der Waals surface area contributed by atoms with Gasteiger partial charge < -0.3 is 15.0 Å². The molecule has 0 radical (unpaired) electrons. The molecule has 6 heteroatoms. The third kappa shape index (κ3) is 3.46. The van der Waals surface area contributed by atoms with E-state index in [9.17, 15) is 4.79 Å². The maximum absolute atomic E-state index is 10.1. The average molecular weight is 235 g/mol. The van der Waals surface area contributed by atoms with Crippen molar-refractivity contribution in [2.45, 2.75) is 23.0 Å². The molecule has 0 bridgehead atoms. The maximum Gasteiger partial charge on any atom is 0.150 e. The van der Waals surface area contributed by atoms with E-state index >= 15 is 0 Å². The van der Waals surface area contributed by atoms with E-state index in [4.69, 9.17) is 45.0 Å². The second-order valence-corrected chi connectivity index (χ2v) is 3.55. The molecule has 72 valence electrons. The molecule has 12 heavy (non-hydrogen) atoms. The predicted molar refractivity (Wildman–Crippen MR) is 48.1 cm³/mol. The minimum Gasteiger partial charge on any atom is -0.390 e. The van der Waals surface area contributed by atoms with Gasteiger partial charge in [0.05, 0.1) is 16.9 Å². The fraction of sp³-hybridized carbons (Fsp3) is 0.833. The lowest BCUT2D eigenvalue weighted by molar-refractivity contribution is -0.115. The van der Waals surface area contributed by atoms with Crippen molar-refractivity contribution in [2.75, 3.05) is 5.88 Å². The monoisotopic (exact) mass is 234 g/mol. The van der Waals surface area contributed by atoms with Gasteiger partial charge in [0.25, 0.3) is 0 Å². The first-order valence-corrected chi connectivity index (χ1v) is 4.60. The summed E-state index contributed by atoms with van der Waals surface area (Å²) in [5.74, 6) is -0.0943. The van der Waals surface area contributed by atoms with Gasteiger partial charge in [-0.2, -0.15) is 0 Å². The van der Waals surface area contributed by atoms with E-state index in [-0.39, 0.29) is 12.2 Å². The van der Waals surface area contributed by atoms with Crippen molar-refractivity contribution in [3.63, 3.8) is 0 Å². The summed E-state index contributed by atoms with van der Waals surface area (Å²) in [6.07, 6.45) is -2.16. The van der Waals surface area contributed by atoms with Gasteiger partial charge in [0.1, 0.15) is 12.4 Å². The predicted octanol–water partition coefficient (Wildman–Crippen LogP) is 0.361. The van der Waals surface area contributed by atoms with E-state index < -0.39 is 23.0 Å². The Labute approximate surface area is 85.2 Å². The van der Waals surface area contributed by atoms with Crippen LogP contribution in [0.2, 0.25) is 0 Å². The fourth-order valence-corrected chi connectivity index (χ4v) is 1.31. The molecule has 0 unspecified atom stereocenters. The quantitative estimate of drug-likeness (QED) is 0.534. The number of alkyl halides is 3. The standard InChI is InChI=1S/C6H9Cl3O3/c7-1-3(11)5(8)6(9)4(12)2-10/h2-6,11-12H,1H2/t3-,4+,5-,6+/m0/s1. The number of aliphatic hydroxyl groups excluding tert-OH is 2. The highest BCUT2D eigenvalue weighted by atomic mass is 35.5. The molecule has 0 aliphatic carbocycles. The highest BCUT2D eigenvalue weighted by Gasteiger charge is 2.29. The largest absolute Gasteiger partial charge is 0.390 e. The summed E-state index contributed by atoms with van der Waals surface area (Å²) >= 11 is 16.4. The van der Waals surface area contributed by atoms with Gasteiger partial charge >= 0.3 is 0 Å². The van der Waals surface area contributed by atoms with Gasteiger partial charge in [-0.25, -0.2) is 0 Å². The van der Waals surface area contributed by atoms with Crippen LogP contribution in [-0.2, 0) is 4.79 Å². The van der Waals surface area contributed by atoms with E-state index in [1.54, 1.807) is 0 Å². The summed E-state index contributed by atoms with van der Waals surface area (Å²) in [6.45, 7) is 0. The second kappa shape index (κ2) is 6.00. The van der Waals surface area contributed by atoms with Gasteiger partial charge in [0.2, 0.25) is 0 Å². The summed E-state index contributed by atoms with van der Waals surface area (Å²) in [6, 6.07) is 0. The number of carbonyl (C=O) groups excluding carboxylic acids is 1. The van der Waals surface area contributed by atoms with Gasteiger partial charge in [-0.3, -0.25) is 0 Å². The van der Waals surface area contributed by atoms with Gasteiger partial charge in [-0.1, -0.05) is 0 Å². The molecule has 0 aromatic carbocycles. The summed E-state index contributed by atoms with van der Waals surface area (Å²) in [7, 11) is 0. The molecule has 2 N–H and O–H groups in total. The van der Waals surface area contributed by atoms with E-state index in [2.05, 4.69) is 0 Å². The minimum atomic E-state index is -1.38. The molecule has 0 rings (SSSR count). The zero-order chi connectivity index (χ0) is 9.72. The Morgan fingerprint density at radius 3 is 2.08 bits per heavy atom. The van der Waals surface area contributed by atoms with Crippen LogP contribution >= 0.6 is 34.8 Å². The first kappa shape index (κ1) is 12.5. The van der Waals surface area contributed by atoms with Crippen molar-refractivity contribution in [1.29, 1.82) is 0 Å². The Morgan fingerprint density at radius 1 is 1.25 bits per heavy atom. The van der Waals surface area contributed by atoms with Crippen LogP contribution < -0.4 is 0 Å². The molecule has 0 amide bonds. The number of hydrogen-bond donors (Lipinski definition) is 2. The van der Waals surface area contributed by atoms with Crippen LogP contribution in [0.4, 0.5) is 0 Å². The molecule has 4 atom stereocenters. The van der Waals surface area contributed by atoms with Crippen LogP contribution in [0.3, 0.4) is 0 Å². The van der Waals surface area contributed by atoms with Crippen molar-refractivity contribution < 1.29 is 15.0 Å². The van der Waals surface area contributed by atoms with Crippen molar-refractivity contribution in [2.24, 2.45) is 0 Å². The molecular formula is C6H9Cl3O3. The highest BCUT2D eigenvalue weighted by molar-refractivity contribution is 6.31. The fourth-order valence-electron chi connectivity index (χ4n) is 0.561. The summed E-state index contributed by atoms with van der Waals surface area (Å²) in [4.78, 5) is 10.1. The van der Waals surface area contributed by atoms with Gasteiger partial charge in [-0.15, -0.1) is 34.8 Å². The van der Waals surface area contributed by atoms with Crippen LogP contribution in [0.5, 0.6) is 0 Å². The molecule has 0 saturated heterocycles. The first-order valence-electron chi connectivity index (χ1n) is 3.20. The minimum absolute atomic E-state index is 0.0943. The van der Waals surface area contributed by atoms with Gasteiger partial charge in [0.15, 0.2) is 0 Å². The van der Waals surface area contributed by atoms with E-state index in [0.29, 0.717) is 0 Å². The Balaban J connectivity index is 4.07. The van der Waals surface area contributed by atoms with Crippen LogP contribution in [0.1, 0.15) is 0 Å². The smallest absolute Gasteiger partial charge is 0.150 e. The molecule has 0 fully saturated rings. The van der Waals surface area contributed by atoms with Crippen molar-refractivity contribution in [3.8, 4) is 0 Å². The second-order valence-electron chi connectivity index (χ2n) is 2.24. The van der Waals surface area contributed by atoms with Crippen LogP contribution in [0.25, 0.3) is 0 Å². The Bertz CT molecular complexity index is 144. The summed E-state index contributed by atoms with van der Waals surface area (Å²) < 4.78 is 0. The number of rotatable bonds is 5. The highest BCUT2D eigenvalue weighted by Crippen LogP contribution is 2.17. The lowest BCUT2D eigenvalue weighted by atomic mass is 10.1. The number of aliphatic hydroxyl groups is 2. The number of aldehydes is 1. The molecule has 0 aliphatic rings. The molecular weight excluding hydrogens is 226 g/mol. The van der Waals surface area contributed by atoms with Crippen molar-refractivity contribution >= 4 is 41.1 Å². The molecule has 0 aliphatic heterocycles. The van der Waals surface area contributed by atoms with Crippen LogP contribution in [0, 0.1) is 0 Å². The van der Waals surface area contributed by atoms with E-state index in [0.717, 1.165) is 0 Å². The lowest BCUT2D eigenvalue weighted by Gasteiger charge is -2.20. The molecule has 0 spiro atoms. The zero-order valence-corrected chi connectivity index (χ0v) is 8.30. The van der Waals surface area contributed by atoms with Gasteiger partial charge in [0, 0.05) is 5.88 Å². The van der Waals surface area contributed by atoms with Crippen LogP contribution in [0.15, 0.2) is 0 Å². The van der Waals surface area contributed by atoms with Crippen molar-refractivity contribution in [3.05, 3.63) is 0 Å². The maximum atomic E-state index is 10.1. The van der Waals surface area contributed by atoms with E-state index in [1.807, 2.05) is 0 Å². The van der Waals surface area contributed by atoms with E-state index in [1.165, 1.54) is 0 Å². The molecule has 0 heterocycles. The normalized spacial score (nSPS) is 21.1. The number of carbonyl (C=O) groups is 1. The third-order valence-corrected chi connectivity index (χ3v) is 2.83. The molecule has 0 aromatic rings. The number of halogens is 3. The number of hydrogen-bond acceptors (Lipinski definition) is 3. The Hall–Kier alpha value is 0.460. The third-order valence-electron chi connectivity index (χ3n) is 1.30. The van der Waals surface area contributed by atoms with Gasteiger partial charge in [-0.05, 0) is 0 Å². The average Bonchev–Trinajstić information content (AvgIpc) is 2.12.